The first-order valence-electron chi connectivity index (χ1n) is 12.6. The summed E-state index contributed by atoms with van der Waals surface area (Å²) in [7, 11) is -3.93. The van der Waals surface area contributed by atoms with Gasteiger partial charge in [-0.1, -0.05) is 67.1 Å². The van der Waals surface area contributed by atoms with Crippen LogP contribution in [0.1, 0.15) is 42.0 Å². The molecule has 0 saturated carbocycles. The lowest BCUT2D eigenvalue weighted by molar-refractivity contribution is -0.119. The number of amides is 1. The van der Waals surface area contributed by atoms with Crippen LogP contribution in [0.25, 0.3) is 0 Å². The first-order valence-corrected chi connectivity index (χ1v) is 14.0. The quantitative estimate of drug-likeness (QED) is 0.435. The summed E-state index contributed by atoms with van der Waals surface area (Å²) in [6.07, 6.45) is 3.19. The van der Waals surface area contributed by atoms with Gasteiger partial charge in [-0.3, -0.25) is 14.0 Å². The summed E-state index contributed by atoms with van der Waals surface area (Å²) in [5.41, 5.74) is 4.61. The van der Waals surface area contributed by atoms with Gasteiger partial charge in [-0.25, -0.2) is 8.42 Å². The van der Waals surface area contributed by atoms with Crippen molar-refractivity contribution in [1.29, 1.82) is 0 Å². The van der Waals surface area contributed by atoms with Crippen LogP contribution >= 0.6 is 0 Å². The van der Waals surface area contributed by atoms with E-state index >= 15 is 0 Å². The van der Waals surface area contributed by atoms with Gasteiger partial charge in [0, 0.05) is 13.1 Å². The van der Waals surface area contributed by atoms with Crippen LogP contribution in [0, 0.1) is 6.92 Å². The molecule has 190 valence electrons. The fourth-order valence-corrected chi connectivity index (χ4v) is 6.00. The van der Waals surface area contributed by atoms with E-state index in [-0.39, 0.29) is 17.3 Å². The minimum atomic E-state index is -3.93. The molecule has 6 nitrogen and oxygen atoms in total. The maximum atomic E-state index is 13.6. The zero-order valence-corrected chi connectivity index (χ0v) is 21.9. The third kappa shape index (κ3) is 6.33. The predicted octanol–water partition coefficient (Wildman–Crippen LogP) is 4.66. The van der Waals surface area contributed by atoms with Crippen molar-refractivity contribution in [1.82, 2.24) is 10.2 Å². The maximum absolute atomic E-state index is 13.6. The van der Waals surface area contributed by atoms with E-state index in [0.717, 1.165) is 36.3 Å². The summed E-state index contributed by atoms with van der Waals surface area (Å²) in [4.78, 5) is 15.6. The van der Waals surface area contributed by atoms with Gasteiger partial charge in [0.05, 0.1) is 10.6 Å². The Morgan fingerprint density at radius 3 is 2.22 bits per heavy atom. The van der Waals surface area contributed by atoms with Gasteiger partial charge < -0.3 is 5.32 Å². The Morgan fingerprint density at radius 2 is 1.56 bits per heavy atom. The molecule has 3 aromatic carbocycles. The first-order chi connectivity index (χ1) is 17.4. The van der Waals surface area contributed by atoms with Gasteiger partial charge in [0.15, 0.2) is 0 Å². The molecule has 0 aromatic heterocycles. The van der Waals surface area contributed by atoms with Crippen LogP contribution in [0.3, 0.4) is 0 Å². The van der Waals surface area contributed by atoms with Gasteiger partial charge >= 0.3 is 0 Å². The normalized spacial score (nSPS) is 14.1. The predicted molar refractivity (Wildman–Crippen MR) is 144 cm³/mol. The number of anilines is 1. The highest BCUT2D eigenvalue weighted by Gasteiger charge is 2.28. The summed E-state index contributed by atoms with van der Waals surface area (Å²) in [5, 5.41) is 2.91. The Hall–Kier alpha value is -3.16. The van der Waals surface area contributed by atoms with Crippen LogP contribution in [-0.2, 0) is 34.3 Å². The minimum Gasteiger partial charge on any atom is -0.350 e. The van der Waals surface area contributed by atoms with Crippen LogP contribution in [-0.4, -0.2) is 38.9 Å². The lowest BCUT2D eigenvalue weighted by Gasteiger charge is -2.26. The van der Waals surface area contributed by atoms with E-state index in [9.17, 15) is 13.2 Å². The van der Waals surface area contributed by atoms with Crippen LogP contribution in [0.4, 0.5) is 5.69 Å². The zero-order chi connectivity index (χ0) is 25.5. The Balaban J connectivity index is 1.48. The molecular formula is C29H35N3O3S. The van der Waals surface area contributed by atoms with Crippen LogP contribution in [0.5, 0.6) is 0 Å². The highest BCUT2D eigenvalue weighted by atomic mass is 32.2. The van der Waals surface area contributed by atoms with Crippen molar-refractivity contribution in [3.05, 3.63) is 95.1 Å². The van der Waals surface area contributed by atoms with Crippen LogP contribution in [0.15, 0.2) is 77.7 Å². The van der Waals surface area contributed by atoms with Crippen molar-refractivity contribution in [3.63, 3.8) is 0 Å². The number of carbonyl (C=O) groups is 1. The molecule has 3 aromatic rings. The van der Waals surface area contributed by atoms with Crippen molar-refractivity contribution in [3.8, 4) is 0 Å². The number of nitrogens with zero attached hydrogens (tertiary/aromatic N) is 2. The number of aryl methyl sites for hydroxylation is 2. The highest BCUT2D eigenvalue weighted by molar-refractivity contribution is 7.92. The Labute approximate surface area is 215 Å². The summed E-state index contributed by atoms with van der Waals surface area (Å²) >= 11 is 0. The molecular weight excluding hydrogens is 470 g/mol. The molecule has 0 spiro atoms. The van der Waals surface area contributed by atoms with E-state index in [1.165, 1.54) is 22.7 Å². The van der Waals surface area contributed by atoms with E-state index in [2.05, 4.69) is 22.3 Å². The van der Waals surface area contributed by atoms with Crippen molar-refractivity contribution < 1.29 is 13.2 Å². The molecule has 1 N–H and O–H groups in total. The van der Waals surface area contributed by atoms with E-state index in [4.69, 9.17) is 0 Å². The summed E-state index contributed by atoms with van der Waals surface area (Å²) in [5.74, 6) is -0.349. The number of hydrogen-bond acceptors (Lipinski definition) is 4. The average Bonchev–Trinajstić information content (AvgIpc) is 3.40. The number of para-hydroxylation sites is 1. The number of sulfonamides is 1. The molecule has 1 aliphatic rings. The van der Waals surface area contributed by atoms with Crippen LogP contribution in [0.2, 0.25) is 0 Å². The van der Waals surface area contributed by atoms with Crippen molar-refractivity contribution in [2.75, 3.05) is 23.9 Å². The number of rotatable bonds is 10. The smallest absolute Gasteiger partial charge is 0.264 e. The van der Waals surface area contributed by atoms with Gasteiger partial charge in [0.2, 0.25) is 5.91 Å². The van der Waals surface area contributed by atoms with Crippen molar-refractivity contribution in [2.45, 2.75) is 51.1 Å². The lowest BCUT2D eigenvalue weighted by atomic mass is 10.1. The average molecular weight is 506 g/mol. The topological polar surface area (TPSA) is 69.7 Å². The van der Waals surface area contributed by atoms with E-state index in [1.54, 1.807) is 36.4 Å². The lowest BCUT2D eigenvalue weighted by Crippen LogP contribution is -2.41. The molecule has 36 heavy (non-hydrogen) atoms. The molecule has 0 aliphatic carbocycles. The summed E-state index contributed by atoms with van der Waals surface area (Å²) in [6.45, 7) is 7.20. The summed E-state index contributed by atoms with van der Waals surface area (Å²) in [6, 6.07) is 22.3. The molecule has 0 atom stereocenters. The van der Waals surface area contributed by atoms with E-state index < -0.39 is 10.0 Å². The van der Waals surface area contributed by atoms with E-state index in [0.29, 0.717) is 18.7 Å². The third-order valence-electron chi connectivity index (χ3n) is 6.65. The second-order valence-corrected chi connectivity index (χ2v) is 11.2. The molecule has 1 amide bonds. The van der Waals surface area contributed by atoms with Gasteiger partial charge in [-0.2, -0.15) is 0 Å². The van der Waals surface area contributed by atoms with Crippen LogP contribution < -0.4 is 9.62 Å². The van der Waals surface area contributed by atoms with Gasteiger partial charge in [0.25, 0.3) is 10.0 Å². The maximum Gasteiger partial charge on any atom is 0.264 e. The second-order valence-electron chi connectivity index (χ2n) is 9.38. The number of carbonyl (C=O) groups excluding carboxylic acids is 1. The van der Waals surface area contributed by atoms with Gasteiger partial charge in [-0.15, -0.1) is 0 Å². The standard InChI is InChI=1S/C29H35N3O3S/c1-3-26-8-4-5-9-28(26)32(36(34,35)27-16-10-23(2)11-17-27)22-29(33)30-20-24-12-14-25(15-13-24)21-31-18-6-7-19-31/h4-5,8-17H,3,6-7,18-22H2,1-2H3,(H,30,33). The number of hydrogen-bond donors (Lipinski definition) is 1. The molecule has 4 rings (SSSR count). The molecule has 1 saturated heterocycles. The van der Waals surface area contributed by atoms with Crippen molar-refractivity contribution >= 4 is 21.6 Å². The molecule has 7 heteroatoms. The first kappa shape index (κ1) is 25.9. The van der Waals surface area contributed by atoms with Crippen molar-refractivity contribution in [2.24, 2.45) is 0 Å². The molecule has 0 bridgehead atoms. The Morgan fingerprint density at radius 1 is 0.917 bits per heavy atom. The fraction of sp³-hybridized carbons (Fsp3) is 0.345. The summed E-state index contributed by atoms with van der Waals surface area (Å²) < 4.78 is 28.5. The highest BCUT2D eigenvalue weighted by Crippen LogP contribution is 2.27. The van der Waals surface area contributed by atoms with Gasteiger partial charge in [-0.05, 0) is 74.2 Å². The molecule has 0 unspecified atom stereocenters. The number of nitrogens with one attached hydrogen (secondary N) is 1. The molecule has 0 radical (unpaired) electrons. The largest absolute Gasteiger partial charge is 0.350 e. The SMILES string of the molecule is CCc1ccccc1N(CC(=O)NCc1ccc(CN2CCCC2)cc1)S(=O)(=O)c1ccc(C)cc1. The monoisotopic (exact) mass is 505 g/mol. The third-order valence-corrected chi connectivity index (χ3v) is 8.43. The molecule has 1 aliphatic heterocycles. The minimum absolute atomic E-state index is 0.167. The van der Waals surface area contributed by atoms with Gasteiger partial charge in [0.1, 0.15) is 6.54 Å². The van der Waals surface area contributed by atoms with E-state index in [1.807, 2.05) is 38.1 Å². The Kier molecular flexibility index (Phi) is 8.44. The molecule has 1 fully saturated rings. The number of benzene rings is 3. The zero-order valence-electron chi connectivity index (χ0n) is 21.1. The second kappa shape index (κ2) is 11.7. The fourth-order valence-electron chi connectivity index (χ4n) is 4.54. The number of likely N-dealkylation sites (tertiary alicyclic amines) is 1. The molecule has 1 heterocycles. The Bertz CT molecular complexity index is 1270.